The van der Waals surface area contributed by atoms with Crippen molar-refractivity contribution in [1.29, 1.82) is 0 Å². The molecule has 4 heteroatoms. The Hall–Kier alpha value is -1.16. The van der Waals surface area contributed by atoms with Crippen LogP contribution in [0.15, 0.2) is 19.0 Å². The van der Waals surface area contributed by atoms with Crippen molar-refractivity contribution in [2.75, 3.05) is 0 Å². The number of rotatable bonds is 8. The zero-order valence-electron chi connectivity index (χ0n) is 10.3. The SMILES string of the molecule is C=CCCC(CC)NCc1nncn1CC. The molecule has 0 aliphatic carbocycles. The molecule has 0 aliphatic heterocycles. The molecule has 1 atom stereocenters. The third-order valence-electron chi connectivity index (χ3n) is 2.80. The summed E-state index contributed by atoms with van der Waals surface area (Å²) in [4.78, 5) is 0. The largest absolute Gasteiger partial charge is 0.317 e. The molecule has 1 aromatic heterocycles. The van der Waals surface area contributed by atoms with Gasteiger partial charge in [-0.2, -0.15) is 0 Å². The van der Waals surface area contributed by atoms with Crippen LogP contribution in [0.2, 0.25) is 0 Å². The van der Waals surface area contributed by atoms with Crippen molar-refractivity contribution in [2.24, 2.45) is 0 Å². The Bertz CT molecular complexity index is 306. The Balaban J connectivity index is 2.39. The van der Waals surface area contributed by atoms with Crippen molar-refractivity contribution in [3.63, 3.8) is 0 Å². The van der Waals surface area contributed by atoms with Crippen LogP contribution in [0.25, 0.3) is 0 Å². The molecule has 0 fully saturated rings. The second-order valence-electron chi connectivity index (χ2n) is 3.89. The molecule has 0 spiro atoms. The van der Waals surface area contributed by atoms with Crippen molar-refractivity contribution in [3.05, 3.63) is 24.8 Å². The maximum Gasteiger partial charge on any atom is 0.146 e. The molecule has 1 unspecified atom stereocenters. The lowest BCUT2D eigenvalue weighted by Gasteiger charge is -2.15. The Morgan fingerprint density at radius 1 is 1.56 bits per heavy atom. The van der Waals surface area contributed by atoms with Crippen molar-refractivity contribution in [3.8, 4) is 0 Å². The number of hydrogen-bond acceptors (Lipinski definition) is 3. The first kappa shape index (κ1) is 12.9. The number of hydrogen-bond donors (Lipinski definition) is 1. The molecule has 0 bridgehead atoms. The first-order chi connectivity index (χ1) is 7.81. The highest BCUT2D eigenvalue weighted by Gasteiger charge is 2.07. The minimum atomic E-state index is 0.542. The van der Waals surface area contributed by atoms with E-state index in [0.29, 0.717) is 6.04 Å². The van der Waals surface area contributed by atoms with Gasteiger partial charge in [0.25, 0.3) is 0 Å². The second kappa shape index (κ2) is 7.17. The zero-order chi connectivity index (χ0) is 11.8. The topological polar surface area (TPSA) is 42.7 Å². The van der Waals surface area contributed by atoms with E-state index in [1.165, 1.54) is 0 Å². The van der Waals surface area contributed by atoms with Crippen LogP contribution in [-0.4, -0.2) is 20.8 Å². The van der Waals surface area contributed by atoms with Gasteiger partial charge in [0.05, 0.1) is 6.54 Å². The van der Waals surface area contributed by atoms with Gasteiger partial charge in [0.15, 0.2) is 0 Å². The van der Waals surface area contributed by atoms with Crippen LogP contribution in [0.1, 0.15) is 38.9 Å². The molecule has 1 heterocycles. The third-order valence-corrected chi connectivity index (χ3v) is 2.80. The van der Waals surface area contributed by atoms with Crippen LogP contribution in [0.5, 0.6) is 0 Å². The van der Waals surface area contributed by atoms with Crippen LogP contribution >= 0.6 is 0 Å². The second-order valence-corrected chi connectivity index (χ2v) is 3.89. The number of nitrogens with one attached hydrogen (secondary N) is 1. The Labute approximate surface area is 97.8 Å². The smallest absolute Gasteiger partial charge is 0.146 e. The van der Waals surface area contributed by atoms with Gasteiger partial charge >= 0.3 is 0 Å². The van der Waals surface area contributed by atoms with Gasteiger partial charge < -0.3 is 9.88 Å². The predicted octanol–water partition coefficient (Wildman–Crippen LogP) is 2.13. The minimum Gasteiger partial charge on any atom is -0.317 e. The van der Waals surface area contributed by atoms with Gasteiger partial charge in [0, 0.05) is 12.6 Å². The predicted molar refractivity (Wildman–Crippen MR) is 66.0 cm³/mol. The average Bonchev–Trinajstić information content (AvgIpc) is 2.77. The average molecular weight is 222 g/mol. The van der Waals surface area contributed by atoms with Gasteiger partial charge in [-0.1, -0.05) is 13.0 Å². The van der Waals surface area contributed by atoms with Gasteiger partial charge in [0.2, 0.25) is 0 Å². The van der Waals surface area contributed by atoms with Crippen molar-refractivity contribution < 1.29 is 0 Å². The first-order valence-corrected chi connectivity index (χ1v) is 6.02. The fourth-order valence-electron chi connectivity index (χ4n) is 1.69. The van der Waals surface area contributed by atoms with E-state index in [2.05, 4.69) is 40.5 Å². The first-order valence-electron chi connectivity index (χ1n) is 6.02. The Morgan fingerprint density at radius 3 is 3.00 bits per heavy atom. The van der Waals surface area contributed by atoms with Crippen LogP contribution in [0, 0.1) is 0 Å². The van der Waals surface area contributed by atoms with E-state index in [1.54, 1.807) is 6.33 Å². The van der Waals surface area contributed by atoms with Crippen molar-refractivity contribution >= 4 is 0 Å². The summed E-state index contributed by atoms with van der Waals surface area (Å²) in [5.41, 5.74) is 0. The monoisotopic (exact) mass is 222 g/mol. The molecule has 0 saturated carbocycles. The number of allylic oxidation sites excluding steroid dienone is 1. The van der Waals surface area contributed by atoms with Crippen LogP contribution in [0.3, 0.4) is 0 Å². The molecular weight excluding hydrogens is 200 g/mol. The highest BCUT2D eigenvalue weighted by atomic mass is 15.3. The van der Waals surface area contributed by atoms with Gasteiger partial charge in [-0.25, -0.2) is 0 Å². The molecule has 90 valence electrons. The molecule has 0 aromatic carbocycles. The normalized spacial score (nSPS) is 12.6. The van der Waals surface area contributed by atoms with Crippen LogP contribution in [-0.2, 0) is 13.1 Å². The summed E-state index contributed by atoms with van der Waals surface area (Å²) < 4.78 is 2.06. The lowest BCUT2D eigenvalue weighted by atomic mass is 10.1. The zero-order valence-corrected chi connectivity index (χ0v) is 10.3. The molecule has 0 aliphatic rings. The maximum absolute atomic E-state index is 4.10. The van der Waals surface area contributed by atoms with E-state index < -0.39 is 0 Å². The summed E-state index contributed by atoms with van der Waals surface area (Å²) in [5.74, 6) is 1.01. The molecule has 1 aromatic rings. The summed E-state index contributed by atoms with van der Waals surface area (Å²) in [7, 11) is 0. The van der Waals surface area contributed by atoms with Gasteiger partial charge in [-0.05, 0) is 26.2 Å². The van der Waals surface area contributed by atoms with Gasteiger partial charge in [-0.3, -0.25) is 0 Å². The molecule has 4 nitrogen and oxygen atoms in total. The fraction of sp³-hybridized carbons (Fsp3) is 0.667. The van der Waals surface area contributed by atoms with Crippen LogP contribution in [0.4, 0.5) is 0 Å². The van der Waals surface area contributed by atoms with Crippen molar-refractivity contribution in [2.45, 2.75) is 52.2 Å². The molecule has 0 amide bonds. The van der Waals surface area contributed by atoms with E-state index in [1.807, 2.05) is 6.08 Å². The summed E-state index contributed by atoms with van der Waals surface area (Å²) in [6.45, 7) is 9.77. The highest BCUT2D eigenvalue weighted by molar-refractivity contribution is 4.86. The standard InChI is InChI=1S/C12H22N4/c1-4-7-8-11(5-2)13-9-12-15-14-10-16(12)6-3/h4,10-11,13H,1,5-9H2,2-3H3. The van der Waals surface area contributed by atoms with Gasteiger partial charge in [0.1, 0.15) is 12.2 Å². The number of nitrogens with zero attached hydrogens (tertiary/aromatic N) is 3. The van der Waals surface area contributed by atoms with Crippen molar-refractivity contribution in [1.82, 2.24) is 20.1 Å². The Kier molecular flexibility index (Phi) is 5.78. The lowest BCUT2D eigenvalue weighted by molar-refractivity contribution is 0.456. The quantitative estimate of drug-likeness (QED) is 0.685. The van der Waals surface area contributed by atoms with E-state index in [4.69, 9.17) is 0 Å². The molecule has 1 N–H and O–H groups in total. The van der Waals surface area contributed by atoms with E-state index in [0.717, 1.165) is 38.2 Å². The molecule has 1 rings (SSSR count). The van der Waals surface area contributed by atoms with Gasteiger partial charge in [-0.15, -0.1) is 16.8 Å². The minimum absolute atomic E-state index is 0.542. The van der Waals surface area contributed by atoms with E-state index in [9.17, 15) is 0 Å². The Morgan fingerprint density at radius 2 is 2.38 bits per heavy atom. The molecule has 16 heavy (non-hydrogen) atoms. The third kappa shape index (κ3) is 3.77. The molecule has 0 saturated heterocycles. The fourth-order valence-corrected chi connectivity index (χ4v) is 1.69. The summed E-state index contributed by atoms with van der Waals surface area (Å²) in [5, 5.41) is 11.5. The maximum atomic E-state index is 4.10. The summed E-state index contributed by atoms with van der Waals surface area (Å²) >= 11 is 0. The molecular formula is C12H22N4. The van der Waals surface area contributed by atoms with Crippen LogP contribution < -0.4 is 5.32 Å². The molecule has 0 radical (unpaired) electrons. The number of aromatic nitrogens is 3. The summed E-state index contributed by atoms with van der Waals surface area (Å²) in [6, 6.07) is 0.542. The van der Waals surface area contributed by atoms with E-state index in [-0.39, 0.29) is 0 Å². The lowest BCUT2D eigenvalue weighted by Crippen LogP contribution is -2.29. The van der Waals surface area contributed by atoms with E-state index >= 15 is 0 Å². The number of aryl methyl sites for hydroxylation is 1. The highest BCUT2D eigenvalue weighted by Crippen LogP contribution is 2.03. The summed E-state index contributed by atoms with van der Waals surface area (Å²) in [6.07, 6.45) is 7.08.